The Balaban J connectivity index is 2.09. The maximum atomic E-state index is 5.19. The average Bonchev–Trinajstić information content (AvgIpc) is 3.01. The van der Waals surface area contributed by atoms with Crippen molar-refractivity contribution in [2.75, 3.05) is 7.11 Å². The fourth-order valence-electron chi connectivity index (χ4n) is 2.12. The summed E-state index contributed by atoms with van der Waals surface area (Å²) in [6, 6.07) is 16.3. The number of benzene rings is 2. The van der Waals surface area contributed by atoms with Crippen molar-refractivity contribution in [2.45, 2.75) is 0 Å². The van der Waals surface area contributed by atoms with Crippen LogP contribution in [0.2, 0.25) is 0 Å². The van der Waals surface area contributed by atoms with Gasteiger partial charge in [-0.3, -0.25) is 0 Å². The van der Waals surface area contributed by atoms with E-state index in [2.05, 4.69) is 34.2 Å². The molecule has 3 aromatic rings. The normalized spacial score (nSPS) is 10.4. The van der Waals surface area contributed by atoms with Crippen LogP contribution >= 0.6 is 0 Å². The van der Waals surface area contributed by atoms with Crippen LogP contribution in [-0.4, -0.2) is 17.1 Å². The number of ether oxygens (including phenoxy) is 1. The summed E-state index contributed by atoms with van der Waals surface area (Å²) in [6.45, 7) is 0. The van der Waals surface area contributed by atoms with Gasteiger partial charge in [0.25, 0.3) is 0 Å². The van der Waals surface area contributed by atoms with E-state index in [1.54, 1.807) is 13.3 Å². The second-order valence-corrected chi connectivity index (χ2v) is 4.21. The van der Waals surface area contributed by atoms with Gasteiger partial charge in [0, 0.05) is 18.0 Å². The van der Waals surface area contributed by atoms with Crippen molar-refractivity contribution in [3.05, 3.63) is 60.9 Å². The van der Waals surface area contributed by atoms with Crippen LogP contribution in [0.4, 0.5) is 0 Å². The molecule has 0 fully saturated rings. The molecule has 3 nitrogen and oxygen atoms in total. The topological polar surface area (TPSA) is 37.9 Å². The number of hydrogen-bond acceptors (Lipinski definition) is 2. The summed E-state index contributed by atoms with van der Waals surface area (Å²) in [5.41, 5.74) is 3.39. The highest BCUT2D eigenvalue weighted by Gasteiger charge is 2.08. The molecule has 19 heavy (non-hydrogen) atoms. The first-order chi connectivity index (χ1) is 9.38. The molecular formula is C16H14N2O. The molecule has 0 spiro atoms. The second kappa shape index (κ2) is 4.98. The summed E-state index contributed by atoms with van der Waals surface area (Å²) in [4.78, 5) is 7.48. The lowest BCUT2D eigenvalue weighted by Crippen LogP contribution is -1.87. The van der Waals surface area contributed by atoms with Crippen LogP contribution in [0.5, 0.6) is 5.75 Å². The van der Waals surface area contributed by atoms with Gasteiger partial charge < -0.3 is 9.72 Å². The van der Waals surface area contributed by atoms with Gasteiger partial charge in [0.05, 0.1) is 7.11 Å². The van der Waals surface area contributed by atoms with Gasteiger partial charge in [0.1, 0.15) is 11.6 Å². The van der Waals surface area contributed by atoms with E-state index >= 15 is 0 Å². The molecule has 0 saturated carbocycles. The molecule has 1 heterocycles. The highest BCUT2D eigenvalue weighted by atomic mass is 16.5. The van der Waals surface area contributed by atoms with Crippen molar-refractivity contribution in [2.24, 2.45) is 0 Å². The monoisotopic (exact) mass is 250 g/mol. The first-order valence-electron chi connectivity index (χ1n) is 6.11. The molecule has 0 atom stereocenters. The predicted octanol–water partition coefficient (Wildman–Crippen LogP) is 3.75. The first kappa shape index (κ1) is 11.5. The Hall–Kier alpha value is -2.55. The number of aromatic nitrogens is 2. The number of aromatic amines is 1. The Bertz CT molecular complexity index is 657. The highest BCUT2D eigenvalue weighted by molar-refractivity contribution is 5.80. The third-order valence-electron chi connectivity index (χ3n) is 3.08. The van der Waals surface area contributed by atoms with Gasteiger partial charge in [0.2, 0.25) is 0 Å². The second-order valence-electron chi connectivity index (χ2n) is 4.21. The zero-order valence-electron chi connectivity index (χ0n) is 10.6. The Labute approximate surface area is 111 Å². The number of hydrogen-bond donors (Lipinski definition) is 1. The van der Waals surface area contributed by atoms with Crippen molar-refractivity contribution >= 4 is 0 Å². The van der Waals surface area contributed by atoms with E-state index in [-0.39, 0.29) is 0 Å². The third kappa shape index (κ3) is 2.22. The molecule has 0 amide bonds. The van der Waals surface area contributed by atoms with Crippen molar-refractivity contribution in [1.82, 2.24) is 9.97 Å². The van der Waals surface area contributed by atoms with Crippen LogP contribution in [0.1, 0.15) is 0 Å². The maximum absolute atomic E-state index is 5.19. The fraction of sp³-hybridized carbons (Fsp3) is 0.0625. The molecule has 0 aliphatic rings. The largest absolute Gasteiger partial charge is 0.497 e. The smallest absolute Gasteiger partial charge is 0.137 e. The average molecular weight is 250 g/mol. The SMILES string of the molecule is COc1ccc(-c2ccccc2-c2ncc[nH]2)cc1. The molecule has 0 radical (unpaired) electrons. The molecule has 0 aliphatic carbocycles. The van der Waals surface area contributed by atoms with Crippen molar-refractivity contribution in [1.29, 1.82) is 0 Å². The molecule has 1 N–H and O–H groups in total. The minimum absolute atomic E-state index is 0.860. The Morgan fingerprint density at radius 2 is 1.68 bits per heavy atom. The van der Waals surface area contributed by atoms with E-state index in [1.807, 2.05) is 30.5 Å². The van der Waals surface area contributed by atoms with E-state index in [0.29, 0.717) is 0 Å². The van der Waals surface area contributed by atoms with Gasteiger partial charge in [0.15, 0.2) is 0 Å². The van der Waals surface area contributed by atoms with Gasteiger partial charge in [-0.15, -0.1) is 0 Å². The molecular weight excluding hydrogens is 236 g/mol. The number of nitrogens with one attached hydrogen (secondary N) is 1. The first-order valence-corrected chi connectivity index (χ1v) is 6.11. The summed E-state index contributed by atoms with van der Waals surface area (Å²) >= 11 is 0. The fourth-order valence-corrected chi connectivity index (χ4v) is 2.12. The molecule has 1 aromatic heterocycles. The molecule has 0 bridgehead atoms. The molecule has 0 saturated heterocycles. The van der Waals surface area contributed by atoms with Crippen LogP contribution in [-0.2, 0) is 0 Å². The van der Waals surface area contributed by atoms with Gasteiger partial charge in [-0.25, -0.2) is 4.98 Å². The maximum Gasteiger partial charge on any atom is 0.137 e. The number of rotatable bonds is 3. The lowest BCUT2D eigenvalue weighted by Gasteiger charge is -2.08. The van der Waals surface area contributed by atoms with Gasteiger partial charge in [-0.2, -0.15) is 0 Å². The Morgan fingerprint density at radius 3 is 2.32 bits per heavy atom. The number of nitrogens with zero attached hydrogens (tertiary/aromatic N) is 1. The molecule has 3 rings (SSSR count). The van der Waals surface area contributed by atoms with Crippen LogP contribution in [0.3, 0.4) is 0 Å². The van der Waals surface area contributed by atoms with E-state index in [4.69, 9.17) is 4.74 Å². The third-order valence-corrected chi connectivity index (χ3v) is 3.08. The quantitative estimate of drug-likeness (QED) is 0.768. The van der Waals surface area contributed by atoms with Crippen LogP contribution < -0.4 is 4.74 Å². The van der Waals surface area contributed by atoms with Gasteiger partial charge in [-0.1, -0.05) is 36.4 Å². The van der Waals surface area contributed by atoms with Crippen molar-refractivity contribution < 1.29 is 4.74 Å². The number of H-pyrrole nitrogens is 1. The summed E-state index contributed by atoms with van der Waals surface area (Å²) < 4.78 is 5.19. The molecule has 0 unspecified atom stereocenters. The summed E-state index contributed by atoms with van der Waals surface area (Å²) in [5, 5.41) is 0. The molecule has 94 valence electrons. The zero-order valence-corrected chi connectivity index (χ0v) is 10.6. The standard InChI is InChI=1S/C16H14N2O/c1-19-13-8-6-12(7-9-13)14-4-2-3-5-15(14)16-17-10-11-18-16/h2-11H,1H3,(H,17,18). The molecule has 2 aromatic carbocycles. The van der Waals surface area contributed by atoms with E-state index in [0.717, 1.165) is 28.3 Å². The van der Waals surface area contributed by atoms with Crippen LogP contribution in [0.15, 0.2) is 60.9 Å². The molecule has 3 heteroatoms. The van der Waals surface area contributed by atoms with E-state index in [1.165, 1.54) is 0 Å². The highest BCUT2D eigenvalue weighted by Crippen LogP contribution is 2.30. The lowest BCUT2D eigenvalue weighted by molar-refractivity contribution is 0.415. The number of imidazole rings is 1. The van der Waals surface area contributed by atoms with Crippen molar-refractivity contribution in [3.63, 3.8) is 0 Å². The van der Waals surface area contributed by atoms with Crippen LogP contribution in [0, 0.1) is 0 Å². The lowest BCUT2D eigenvalue weighted by atomic mass is 9.99. The van der Waals surface area contributed by atoms with E-state index < -0.39 is 0 Å². The van der Waals surface area contributed by atoms with Gasteiger partial charge >= 0.3 is 0 Å². The Kier molecular flexibility index (Phi) is 3.02. The van der Waals surface area contributed by atoms with Gasteiger partial charge in [-0.05, 0) is 23.3 Å². The summed E-state index contributed by atoms with van der Waals surface area (Å²) in [5.74, 6) is 1.74. The zero-order chi connectivity index (χ0) is 13.1. The van der Waals surface area contributed by atoms with E-state index in [9.17, 15) is 0 Å². The predicted molar refractivity (Wildman–Crippen MR) is 76.0 cm³/mol. The summed E-state index contributed by atoms with van der Waals surface area (Å²) in [7, 11) is 1.67. The number of methoxy groups -OCH3 is 1. The minimum Gasteiger partial charge on any atom is -0.497 e. The summed E-state index contributed by atoms with van der Waals surface area (Å²) in [6.07, 6.45) is 3.60. The Morgan fingerprint density at radius 1 is 0.947 bits per heavy atom. The van der Waals surface area contributed by atoms with Crippen molar-refractivity contribution in [3.8, 4) is 28.3 Å². The molecule has 0 aliphatic heterocycles. The van der Waals surface area contributed by atoms with Crippen LogP contribution in [0.25, 0.3) is 22.5 Å². The minimum atomic E-state index is 0.860.